The molecule has 0 aliphatic heterocycles. The molecule has 0 radical (unpaired) electrons. The number of hydrazine groups is 1. The number of rotatable bonds is 3. The largest absolute Gasteiger partial charge is 0.307 e. The molecule has 4 nitrogen and oxygen atoms in total. The van der Waals surface area contributed by atoms with Crippen LogP contribution >= 0.6 is 11.8 Å². The fraction of sp³-hybridized carbons (Fsp3) is 0.600. The van der Waals surface area contributed by atoms with E-state index in [0.717, 1.165) is 10.3 Å². The van der Waals surface area contributed by atoms with Crippen LogP contribution in [0.3, 0.4) is 0 Å². The van der Waals surface area contributed by atoms with Crippen LogP contribution in [0.1, 0.15) is 32.1 Å². The van der Waals surface area contributed by atoms with Gasteiger partial charge in [-0.3, -0.25) is 0 Å². The summed E-state index contributed by atoms with van der Waals surface area (Å²) >= 11 is 1.84. The first-order valence-corrected chi connectivity index (χ1v) is 6.23. The van der Waals surface area contributed by atoms with Gasteiger partial charge < -0.3 is 5.43 Å². The van der Waals surface area contributed by atoms with E-state index in [1.807, 2.05) is 23.9 Å². The SMILES string of the molecule is NNc1ccc(SC2CCCCC2)nn1. The lowest BCUT2D eigenvalue weighted by Crippen LogP contribution is -2.10. The van der Waals surface area contributed by atoms with Crippen molar-refractivity contribution in [3.05, 3.63) is 12.1 Å². The minimum atomic E-state index is 0.614. The molecule has 0 bridgehead atoms. The average Bonchev–Trinajstić information content (AvgIpc) is 2.31. The number of nitrogens with one attached hydrogen (secondary N) is 1. The van der Waals surface area contributed by atoms with E-state index in [1.165, 1.54) is 32.1 Å². The average molecular weight is 224 g/mol. The molecule has 1 heterocycles. The lowest BCUT2D eigenvalue weighted by molar-refractivity contribution is 0.515. The maximum Gasteiger partial charge on any atom is 0.162 e. The molecule has 1 saturated carbocycles. The monoisotopic (exact) mass is 224 g/mol. The normalized spacial score (nSPS) is 17.7. The number of nitrogen functional groups attached to an aromatic ring is 1. The Balaban J connectivity index is 1.91. The number of nitrogens with zero attached hydrogens (tertiary/aromatic N) is 2. The third-order valence-corrected chi connectivity index (χ3v) is 3.89. The topological polar surface area (TPSA) is 63.8 Å². The van der Waals surface area contributed by atoms with Crippen molar-refractivity contribution < 1.29 is 0 Å². The highest BCUT2D eigenvalue weighted by Crippen LogP contribution is 2.32. The van der Waals surface area contributed by atoms with Crippen molar-refractivity contribution in [1.29, 1.82) is 0 Å². The minimum absolute atomic E-state index is 0.614. The zero-order chi connectivity index (χ0) is 10.5. The van der Waals surface area contributed by atoms with E-state index in [9.17, 15) is 0 Å². The van der Waals surface area contributed by atoms with Gasteiger partial charge in [0.2, 0.25) is 0 Å². The summed E-state index contributed by atoms with van der Waals surface area (Å²) in [5, 5.41) is 9.80. The van der Waals surface area contributed by atoms with E-state index in [4.69, 9.17) is 5.84 Å². The third-order valence-electron chi connectivity index (χ3n) is 2.63. The van der Waals surface area contributed by atoms with E-state index in [0.29, 0.717) is 5.82 Å². The lowest BCUT2D eigenvalue weighted by Gasteiger charge is -2.20. The summed E-state index contributed by atoms with van der Waals surface area (Å²) in [4.78, 5) is 0. The number of nitrogens with two attached hydrogens (primary N) is 1. The predicted octanol–water partition coefficient (Wildman–Crippen LogP) is 2.19. The van der Waals surface area contributed by atoms with Crippen molar-refractivity contribution in [2.75, 3.05) is 5.43 Å². The Morgan fingerprint density at radius 2 is 2.00 bits per heavy atom. The fourth-order valence-electron chi connectivity index (χ4n) is 1.81. The molecule has 1 aromatic rings. The number of anilines is 1. The lowest BCUT2D eigenvalue weighted by atomic mass is 10.0. The molecule has 0 atom stereocenters. The van der Waals surface area contributed by atoms with Gasteiger partial charge in [0.15, 0.2) is 5.82 Å². The molecule has 0 saturated heterocycles. The van der Waals surface area contributed by atoms with Crippen molar-refractivity contribution in [1.82, 2.24) is 10.2 Å². The summed E-state index contributed by atoms with van der Waals surface area (Å²) in [6.45, 7) is 0. The van der Waals surface area contributed by atoms with Crippen molar-refractivity contribution in [3.8, 4) is 0 Å². The van der Waals surface area contributed by atoms with Gasteiger partial charge in [0.25, 0.3) is 0 Å². The summed E-state index contributed by atoms with van der Waals surface area (Å²) in [7, 11) is 0. The Labute approximate surface area is 94.0 Å². The van der Waals surface area contributed by atoms with Gasteiger partial charge in [0.1, 0.15) is 5.03 Å². The zero-order valence-corrected chi connectivity index (χ0v) is 9.46. The van der Waals surface area contributed by atoms with Crippen molar-refractivity contribution in [2.24, 2.45) is 5.84 Å². The van der Waals surface area contributed by atoms with Gasteiger partial charge in [-0.25, -0.2) is 5.84 Å². The second-order valence-corrected chi connectivity index (χ2v) is 5.10. The third kappa shape index (κ3) is 3.07. The molecule has 1 fully saturated rings. The molecule has 2 rings (SSSR count). The van der Waals surface area contributed by atoms with E-state index < -0.39 is 0 Å². The highest BCUT2D eigenvalue weighted by Gasteiger charge is 2.15. The van der Waals surface area contributed by atoms with Gasteiger partial charge in [-0.15, -0.1) is 22.0 Å². The van der Waals surface area contributed by atoms with Crippen molar-refractivity contribution >= 4 is 17.6 Å². The van der Waals surface area contributed by atoms with E-state index in [1.54, 1.807) is 0 Å². The molecule has 1 aromatic heterocycles. The minimum Gasteiger partial charge on any atom is -0.307 e. The van der Waals surface area contributed by atoms with Crippen LogP contribution in [0.2, 0.25) is 0 Å². The van der Waals surface area contributed by atoms with E-state index in [2.05, 4.69) is 15.6 Å². The molecule has 0 amide bonds. The number of thioether (sulfide) groups is 1. The molecular weight excluding hydrogens is 208 g/mol. The maximum absolute atomic E-state index is 5.22. The van der Waals surface area contributed by atoms with Crippen molar-refractivity contribution in [2.45, 2.75) is 42.4 Å². The zero-order valence-electron chi connectivity index (χ0n) is 8.65. The van der Waals surface area contributed by atoms with Gasteiger partial charge in [-0.05, 0) is 25.0 Å². The molecule has 15 heavy (non-hydrogen) atoms. The first-order chi connectivity index (χ1) is 7.38. The molecule has 0 aromatic carbocycles. The molecule has 82 valence electrons. The van der Waals surface area contributed by atoms with Crippen LogP contribution in [0, 0.1) is 0 Å². The van der Waals surface area contributed by atoms with Gasteiger partial charge >= 0.3 is 0 Å². The second-order valence-electron chi connectivity index (χ2n) is 3.78. The van der Waals surface area contributed by atoms with Gasteiger partial charge in [0, 0.05) is 5.25 Å². The summed E-state index contributed by atoms with van der Waals surface area (Å²) < 4.78 is 0. The standard InChI is InChI=1S/C10H16N4S/c11-12-9-6-7-10(14-13-9)15-8-4-2-1-3-5-8/h6-8H,1-5,11H2,(H,12,13). The number of aromatic nitrogens is 2. The van der Waals surface area contributed by atoms with Gasteiger partial charge in [0.05, 0.1) is 0 Å². The van der Waals surface area contributed by atoms with Crippen LogP contribution in [0.4, 0.5) is 5.82 Å². The van der Waals surface area contributed by atoms with Crippen LogP contribution in [0.25, 0.3) is 0 Å². The van der Waals surface area contributed by atoms with Crippen LogP contribution in [-0.4, -0.2) is 15.4 Å². The van der Waals surface area contributed by atoms with Crippen LogP contribution in [-0.2, 0) is 0 Å². The van der Waals surface area contributed by atoms with Gasteiger partial charge in [-0.1, -0.05) is 19.3 Å². The fourth-order valence-corrected chi connectivity index (χ4v) is 2.96. The van der Waals surface area contributed by atoms with Crippen LogP contribution in [0.15, 0.2) is 17.2 Å². The maximum atomic E-state index is 5.22. The Bertz CT molecular complexity index is 295. The first kappa shape index (κ1) is 10.7. The Kier molecular flexibility index (Phi) is 3.80. The predicted molar refractivity (Wildman–Crippen MR) is 62.6 cm³/mol. The Morgan fingerprint density at radius 3 is 2.60 bits per heavy atom. The smallest absolute Gasteiger partial charge is 0.162 e. The molecule has 0 spiro atoms. The summed E-state index contributed by atoms with van der Waals surface area (Å²) in [6.07, 6.45) is 6.71. The molecule has 3 N–H and O–H groups in total. The van der Waals surface area contributed by atoms with Crippen LogP contribution in [0.5, 0.6) is 0 Å². The quantitative estimate of drug-likeness (QED) is 0.608. The van der Waals surface area contributed by atoms with Gasteiger partial charge in [-0.2, -0.15) is 0 Å². The highest BCUT2D eigenvalue weighted by atomic mass is 32.2. The highest BCUT2D eigenvalue weighted by molar-refractivity contribution is 7.99. The number of hydrogen-bond donors (Lipinski definition) is 2. The Hall–Kier alpha value is -0.810. The Morgan fingerprint density at radius 1 is 1.20 bits per heavy atom. The molecule has 1 aliphatic carbocycles. The number of hydrogen-bond acceptors (Lipinski definition) is 5. The molecule has 1 aliphatic rings. The summed E-state index contributed by atoms with van der Waals surface area (Å²) in [5.74, 6) is 5.84. The van der Waals surface area contributed by atoms with Crippen molar-refractivity contribution in [3.63, 3.8) is 0 Å². The summed E-state index contributed by atoms with van der Waals surface area (Å²) in [5.41, 5.74) is 2.47. The molecule has 5 heteroatoms. The van der Waals surface area contributed by atoms with E-state index in [-0.39, 0.29) is 0 Å². The summed E-state index contributed by atoms with van der Waals surface area (Å²) in [6, 6.07) is 3.83. The molecule has 0 unspecified atom stereocenters. The molecular formula is C10H16N4S. The second kappa shape index (κ2) is 5.32. The first-order valence-electron chi connectivity index (χ1n) is 5.35. The van der Waals surface area contributed by atoms with Crippen LogP contribution < -0.4 is 11.3 Å². The van der Waals surface area contributed by atoms with E-state index >= 15 is 0 Å².